The molecule has 3 aromatic rings. The molecular formula is C21H20BrN3O2. The number of methoxy groups -OCH3 is 1. The van der Waals surface area contributed by atoms with Crippen LogP contribution in [0.1, 0.15) is 31.2 Å². The molecule has 0 radical (unpaired) electrons. The van der Waals surface area contributed by atoms with Gasteiger partial charge in [-0.05, 0) is 58.3 Å². The SMILES string of the molecule is CCCCOc1c(Br)cc(/C=C(/C#N)c2nc3ccccc3[nH]2)cc1OC. The molecule has 6 heteroatoms. The summed E-state index contributed by atoms with van der Waals surface area (Å²) in [6.45, 7) is 2.74. The van der Waals surface area contributed by atoms with Gasteiger partial charge < -0.3 is 14.5 Å². The van der Waals surface area contributed by atoms with E-state index in [2.05, 4.69) is 38.9 Å². The molecule has 1 heterocycles. The van der Waals surface area contributed by atoms with Crippen LogP contribution in [0.4, 0.5) is 0 Å². The minimum absolute atomic E-state index is 0.444. The molecule has 0 saturated carbocycles. The summed E-state index contributed by atoms with van der Waals surface area (Å²) in [5.74, 6) is 1.83. The van der Waals surface area contributed by atoms with Crippen molar-refractivity contribution in [2.45, 2.75) is 19.8 Å². The topological polar surface area (TPSA) is 70.9 Å². The number of allylic oxidation sites excluding steroid dienone is 1. The largest absolute Gasteiger partial charge is 0.493 e. The lowest BCUT2D eigenvalue weighted by Gasteiger charge is -2.13. The summed E-state index contributed by atoms with van der Waals surface area (Å²) < 4.78 is 12.1. The Morgan fingerprint density at radius 2 is 2.15 bits per heavy atom. The average molecular weight is 426 g/mol. The Kier molecular flexibility index (Phi) is 6.15. The van der Waals surface area contributed by atoms with Gasteiger partial charge in [0, 0.05) is 0 Å². The van der Waals surface area contributed by atoms with Gasteiger partial charge in [0.15, 0.2) is 11.5 Å². The quantitative estimate of drug-likeness (QED) is 0.396. The normalized spacial score (nSPS) is 11.4. The summed E-state index contributed by atoms with van der Waals surface area (Å²) in [7, 11) is 1.60. The molecule has 27 heavy (non-hydrogen) atoms. The second-order valence-electron chi connectivity index (χ2n) is 6.01. The highest BCUT2D eigenvalue weighted by Gasteiger charge is 2.13. The van der Waals surface area contributed by atoms with Gasteiger partial charge >= 0.3 is 0 Å². The Bertz CT molecular complexity index is 985. The molecular weight excluding hydrogens is 406 g/mol. The third-order valence-corrected chi connectivity index (χ3v) is 4.66. The third kappa shape index (κ3) is 4.32. The molecule has 5 nitrogen and oxygen atoms in total. The number of para-hydroxylation sites is 2. The highest BCUT2D eigenvalue weighted by atomic mass is 79.9. The molecule has 0 unspecified atom stereocenters. The van der Waals surface area contributed by atoms with Gasteiger partial charge in [-0.15, -0.1) is 0 Å². The Balaban J connectivity index is 1.96. The van der Waals surface area contributed by atoms with Gasteiger partial charge in [-0.1, -0.05) is 25.5 Å². The number of halogens is 1. The maximum atomic E-state index is 9.61. The van der Waals surface area contributed by atoms with Gasteiger partial charge in [-0.25, -0.2) is 4.98 Å². The van der Waals surface area contributed by atoms with Crippen LogP contribution in [0.25, 0.3) is 22.7 Å². The van der Waals surface area contributed by atoms with Crippen LogP contribution in [0.2, 0.25) is 0 Å². The summed E-state index contributed by atoms with van der Waals surface area (Å²) in [6.07, 6.45) is 3.81. The number of H-pyrrole nitrogens is 1. The first-order chi connectivity index (χ1) is 13.2. The molecule has 0 amide bonds. The number of unbranched alkanes of at least 4 members (excludes halogenated alkanes) is 1. The van der Waals surface area contributed by atoms with Crippen LogP contribution in [0.5, 0.6) is 11.5 Å². The fraction of sp³-hybridized carbons (Fsp3) is 0.238. The molecule has 0 bridgehead atoms. The second-order valence-corrected chi connectivity index (χ2v) is 6.86. The molecule has 138 valence electrons. The van der Waals surface area contributed by atoms with Gasteiger partial charge in [0.1, 0.15) is 11.9 Å². The monoisotopic (exact) mass is 425 g/mol. The molecule has 1 aromatic heterocycles. The fourth-order valence-electron chi connectivity index (χ4n) is 2.68. The average Bonchev–Trinajstić information content (AvgIpc) is 3.11. The van der Waals surface area contributed by atoms with Crippen molar-refractivity contribution >= 4 is 38.6 Å². The van der Waals surface area contributed by atoms with Crippen molar-refractivity contribution < 1.29 is 9.47 Å². The zero-order valence-electron chi connectivity index (χ0n) is 15.3. The van der Waals surface area contributed by atoms with Gasteiger partial charge in [-0.3, -0.25) is 0 Å². The first kappa shape index (κ1) is 19.0. The Labute approximate surface area is 166 Å². The summed E-state index contributed by atoms with van der Waals surface area (Å²) in [4.78, 5) is 7.68. The van der Waals surface area contributed by atoms with Crippen molar-refractivity contribution in [3.63, 3.8) is 0 Å². The molecule has 0 aliphatic heterocycles. The van der Waals surface area contributed by atoms with E-state index < -0.39 is 0 Å². The number of benzene rings is 2. The fourth-order valence-corrected chi connectivity index (χ4v) is 3.26. The summed E-state index contributed by atoms with van der Waals surface area (Å²) in [5.41, 5.74) is 2.98. The predicted octanol–water partition coefficient (Wildman–Crippen LogP) is 5.58. The lowest BCUT2D eigenvalue weighted by Crippen LogP contribution is -2.00. The molecule has 0 aliphatic carbocycles. The van der Waals surface area contributed by atoms with Crippen LogP contribution in [0.3, 0.4) is 0 Å². The van der Waals surface area contributed by atoms with E-state index in [1.54, 1.807) is 13.2 Å². The first-order valence-corrected chi connectivity index (χ1v) is 9.52. The van der Waals surface area contributed by atoms with Gasteiger partial charge in [0.25, 0.3) is 0 Å². The smallest absolute Gasteiger partial charge is 0.175 e. The van der Waals surface area contributed by atoms with Crippen LogP contribution in [0.15, 0.2) is 40.9 Å². The number of imidazole rings is 1. The van der Waals surface area contributed by atoms with E-state index in [1.165, 1.54) is 0 Å². The molecule has 0 atom stereocenters. The van der Waals surface area contributed by atoms with Crippen LogP contribution >= 0.6 is 15.9 Å². The summed E-state index contributed by atoms with van der Waals surface area (Å²) in [6, 6.07) is 13.7. The lowest BCUT2D eigenvalue weighted by molar-refractivity contribution is 0.286. The van der Waals surface area contributed by atoms with Crippen LogP contribution in [-0.2, 0) is 0 Å². The molecule has 3 rings (SSSR count). The molecule has 0 aliphatic rings. The number of nitrogens with zero attached hydrogens (tertiary/aromatic N) is 2. The zero-order chi connectivity index (χ0) is 19.2. The van der Waals surface area contributed by atoms with Crippen LogP contribution < -0.4 is 9.47 Å². The number of aromatic amines is 1. The number of fused-ring (bicyclic) bond motifs is 1. The van der Waals surface area contributed by atoms with Gasteiger partial charge in [-0.2, -0.15) is 5.26 Å². The van der Waals surface area contributed by atoms with E-state index in [4.69, 9.17) is 9.47 Å². The van der Waals surface area contributed by atoms with Crippen molar-refractivity contribution in [1.82, 2.24) is 9.97 Å². The Morgan fingerprint density at radius 1 is 1.33 bits per heavy atom. The molecule has 2 aromatic carbocycles. The van der Waals surface area contributed by atoms with E-state index >= 15 is 0 Å². The van der Waals surface area contributed by atoms with Crippen molar-refractivity contribution in [2.24, 2.45) is 0 Å². The lowest BCUT2D eigenvalue weighted by atomic mass is 10.1. The van der Waals surface area contributed by atoms with E-state index in [-0.39, 0.29) is 0 Å². The van der Waals surface area contributed by atoms with Crippen molar-refractivity contribution in [3.05, 3.63) is 52.3 Å². The highest BCUT2D eigenvalue weighted by molar-refractivity contribution is 9.10. The van der Waals surface area contributed by atoms with Gasteiger partial charge in [0.2, 0.25) is 0 Å². The van der Waals surface area contributed by atoms with E-state index in [0.717, 1.165) is 33.9 Å². The minimum Gasteiger partial charge on any atom is -0.493 e. The van der Waals surface area contributed by atoms with Crippen molar-refractivity contribution in [1.29, 1.82) is 5.26 Å². The Hall–Kier alpha value is -2.78. The first-order valence-electron chi connectivity index (χ1n) is 8.73. The van der Waals surface area contributed by atoms with E-state index in [0.29, 0.717) is 29.5 Å². The summed E-state index contributed by atoms with van der Waals surface area (Å²) >= 11 is 3.55. The number of hydrogen-bond donors (Lipinski definition) is 1. The van der Waals surface area contributed by atoms with Crippen LogP contribution in [0, 0.1) is 11.3 Å². The number of ether oxygens (including phenoxy) is 2. The highest BCUT2D eigenvalue weighted by Crippen LogP contribution is 2.37. The molecule has 1 N–H and O–H groups in total. The van der Waals surface area contributed by atoms with E-state index in [1.807, 2.05) is 36.4 Å². The second kappa shape index (κ2) is 8.74. The van der Waals surface area contributed by atoms with E-state index in [9.17, 15) is 5.26 Å². The third-order valence-electron chi connectivity index (χ3n) is 4.07. The predicted molar refractivity (Wildman–Crippen MR) is 111 cm³/mol. The minimum atomic E-state index is 0.444. The number of nitrogens with one attached hydrogen (secondary N) is 1. The zero-order valence-corrected chi connectivity index (χ0v) is 16.8. The standard InChI is InChI=1S/C21H20BrN3O2/c1-3-4-9-27-20-16(22)11-14(12-19(20)26-2)10-15(13-23)21-24-17-7-5-6-8-18(17)25-21/h5-8,10-12H,3-4,9H2,1-2H3,(H,24,25)/b15-10-. The number of nitriles is 1. The van der Waals surface area contributed by atoms with Crippen molar-refractivity contribution in [3.8, 4) is 17.6 Å². The molecule has 0 fully saturated rings. The maximum Gasteiger partial charge on any atom is 0.175 e. The number of rotatable bonds is 7. The van der Waals surface area contributed by atoms with Gasteiger partial charge in [0.05, 0.1) is 34.8 Å². The number of hydrogen-bond acceptors (Lipinski definition) is 4. The number of aromatic nitrogens is 2. The molecule has 0 saturated heterocycles. The van der Waals surface area contributed by atoms with Crippen LogP contribution in [-0.4, -0.2) is 23.7 Å². The molecule has 0 spiro atoms. The maximum absolute atomic E-state index is 9.61. The van der Waals surface area contributed by atoms with Crippen molar-refractivity contribution in [2.75, 3.05) is 13.7 Å². The Morgan fingerprint density at radius 3 is 2.85 bits per heavy atom. The summed E-state index contributed by atoms with van der Waals surface area (Å²) in [5, 5.41) is 9.61.